The predicted octanol–water partition coefficient (Wildman–Crippen LogP) is 9.37. The van der Waals surface area contributed by atoms with Gasteiger partial charge in [0.1, 0.15) is 29.6 Å². The van der Waals surface area contributed by atoms with Crippen LogP contribution >= 0.6 is 23.5 Å². The van der Waals surface area contributed by atoms with E-state index in [4.69, 9.17) is 16.6 Å². The van der Waals surface area contributed by atoms with Gasteiger partial charge in [-0.1, -0.05) is 59.9 Å². The van der Waals surface area contributed by atoms with E-state index in [1.54, 1.807) is 30.1 Å². The van der Waals surface area contributed by atoms with E-state index in [0.717, 1.165) is 17.7 Å². The largest absolute Gasteiger partial charge is 0.346 e. The fourth-order valence-electron chi connectivity index (χ4n) is 7.65. The molecule has 8 nitrogen and oxygen atoms in total. The van der Waals surface area contributed by atoms with Gasteiger partial charge in [0.05, 0.1) is 27.7 Å². The number of benzene rings is 3. The standard InChI is InChI=1S/C38H30ClF6N7OS/c1-51-34-23(8-9-27(39)31(34)37(49-51)50-54-2)24-13-20(19-6-4-3-5-7-19)16-46-32(24)28(12-18-10-21(40)14-22(41)11-18)47-29(53)17-52-35-30(33(48-52)36(42)43)25-15-26(25)38(35,44)45/h3-11,13-14,16,25-26,28,36H,12,15,17H2,1-2H3,(H,47,53)(H,49,50)/t25-,26+,28-/m0/s1. The number of nitrogens with zero attached hydrogens (tertiary/aromatic N) is 5. The fourth-order valence-corrected chi connectivity index (χ4v) is 8.23. The molecule has 0 spiro atoms. The lowest BCUT2D eigenvalue weighted by Crippen LogP contribution is -2.35. The minimum atomic E-state index is -3.44. The van der Waals surface area contributed by atoms with Crippen LogP contribution in [-0.4, -0.2) is 36.7 Å². The molecule has 8 rings (SSSR count). The number of rotatable bonds is 11. The average molecular weight is 782 g/mol. The predicted molar refractivity (Wildman–Crippen MR) is 194 cm³/mol. The van der Waals surface area contributed by atoms with E-state index in [0.29, 0.717) is 49.2 Å². The molecule has 0 aliphatic heterocycles. The van der Waals surface area contributed by atoms with Gasteiger partial charge in [-0.2, -0.15) is 19.0 Å². The normalized spacial score (nSPS) is 17.4. The van der Waals surface area contributed by atoms with E-state index >= 15 is 8.78 Å². The van der Waals surface area contributed by atoms with Gasteiger partial charge < -0.3 is 10.0 Å². The number of hydrogen-bond acceptors (Lipinski definition) is 6. The first-order valence-electron chi connectivity index (χ1n) is 16.9. The second-order valence-electron chi connectivity index (χ2n) is 13.4. The first kappa shape index (κ1) is 36.0. The maximum Gasteiger partial charge on any atom is 0.293 e. The third-order valence-corrected chi connectivity index (χ3v) is 10.7. The van der Waals surface area contributed by atoms with Crippen molar-refractivity contribution in [1.29, 1.82) is 0 Å². The zero-order valence-corrected chi connectivity index (χ0v) is 30.1. The van der Waals surface area contributed by atoms with E-state index in [9.17, 15) is 22.4 Å². The maximum absolute atomic E-state index is 15.4. The maximum atomic E-state index is 15.4. The Morgan fingerprint density at radius 1 is 1.00 bits per heavy atom. The molecular weight excluding hydrogens is 752 g/mol. The second kappa shape index (κ2) is 13.7. The van der Waals surface area contributed by atoms with Crippen LogP contribution in [0.3, 0.4) is 0 Å². The van der Waals surface area contributed by atoms with Crippen LogP contribution in [0.5, 0.6) is 0 Å². The summed E-state index contributed by atoms with van der Waals surface area (Å²) in [5.74, 6) is -7.34. The third-order valence-electron chi connectivity index (χ3n) is 9.94. The monoisotopic (exact) mass is 781 g/mol. The van der Waals surface area contributed by atoms with Gasteiger partial charge in [-0.15, -0.1) is 0 Å². The van der Waals surface area contributed by atoms with Gasteiger partial charge in [-0.25, -0.2) is 17.6 Å². The van der Waals surface area contributed by atoms with Gasteiger partial charge in [0.2, 0.25) is 5.91 Å². The van der Waals surface area contributed by atoms with Crippen molar-refractivity contribution >= 4 is 46.2 Å². The molecule has 2 aliphatic carbocycles. The number of aryl methyl sites for hydroxylation is 1. The Hall–Kier alpha value is -5.02. The highest BCUT2D eigenvalue weighted by molar-refractivity contribution is 7.99. The van der Waals surface area contributed by atoms with Crippen molar-refractivity contribution in [3.05, 3.63) is 118 Å². The van der Waals surface area contributed by atoms with Gasteiger partial charge in [-0.05, 0) is 54.2 Å². The zero-order valence-electron chi connectivity index (χ0n) is 28.6. The molecule has 0 unspecified atom stereocenters. The molecule has 0 bridgehead atoms. The minimum absolute atomic E-state index is 0.0702. The fraction of sp³-hybridized carbons (Fsp3) is 0.263. The van der Waals surface area contributed by atoms with Gasteiger partial charge in [0.25, 0.3) is 12.3 Å². The third kappa shape index (κ3) is 6.26. The van der Waals surface area contributed by atoms with Gasteiger partial charge in [-0.3, -0.25) is 19.1 Å². The number of fused-ring (bicyclic) bond motifs is 4. The molecule has 1 fully saturated rings. The molecule has 1 saturated carbocycles. The van der Waals surface area contributed by atoms with Crippen molar-refractivity contribution in [3.63, 3.8) is 0 Å². The summed E-state index contributed by atoms with van der Waals surface area (Å²) in [6, 6.07) is 16.6. The van der Waals surface area contributed by atoms with E-state index in [-0.39, 0.29) is 29.7 Å². The molecule has 1 amide bonds. The second-order valence-corrected chi connectivity index (χ2v) is 14.4. The van der Waals surface area contributed by atoms with Crippen molar-refractivity contribution in [2.45, 2.75) is 43.7 Å². The summed E-state index contributed by atoms with van der Waals surface area (Å²) in [7, 11) is 1.74. The summed E-state index contributed by atoms with van der Waals surface area (Å²) in [6.07, 6.45) is 0.201. The van der Waals surface area contributed by atoms with Crippen LogP contribution < -0.4 is 10.0 Å². The van der Waals surface area contributed by atoms with E-state index in [1.165, 1.54) is 11.9 Å². The Morgan fingerprint density at radius 3 is 2.44 bits per heavy atom. The quantitative estimate of drug-likeness (QED) is 0.101. The molecule has 3 aromatic heterocycles. The Balaban J connectivity index is 1.27. The van der Waals surface area contributed by atoms with Crippen molar-refractivity contribution in [2.24, 2.45) is 13.0 Å². The number of aromatic nitrogens is 5. The summed E-state index contributed by atoms with van der Waals surface area (Å²) in [6.45, 7) is -0.813. The highest BCUT2D eigenvalue weighted by Gasteiger charge is 2.67. The van der Waals surface area contributed by atoms with Gasteiger partial charge in [0, 0.05) is 53.7 Å². The number of pyridine rings is 1. The minimum Gasteiger partial charge on any atom is -0.346 e. The van der Waals surface area contributed by atoms with Crippen molar-refractivity contribution in [2.75, 3.05) is 11.0 Å². The smallest absolute Gasteiger partial charge is 0.293 e. The molecule has 0 saturated heterocycles. The van der Waals surface area contributed by atoms with Crippen LogP contribution in [0.4, 0.5) is 32.2 Å². The number of nitrogens with one attached hydrogen (secondary N) is 2. The molecule has 0 radical (unpaired) electrons. The van der Waals surface area contributed by atoms with E-state index < -0.39 is 65.7 Å². The van der Waals surface area contributed by atoms with Crippen LogP contribution in [0.15, 0.2) is 72.9 Å². The molecule has 6 aromatic rings. The summed E-state index contributed by atoms with van der Waals surface area (Å²) >= 11 is 8.04. The summed E-state index contributed by atoms with van der Waals surface area (Å²) in [4.78, 5) is 18.7. The van der Waals surface area contributed by atoms with Crippen LogP contribution in [0.1, 0.15) is 53.0 Å². The number of halogens is 7. The highest BCUT2D eigenvalue weighted by atomic mass is 35.5. The molecule has 3 atom stereocenters. The zero-order chi connectivity index (χ0) is 38.1. The number of hydrogen-bond donors (Lipinski definition) is 2. The van der Waals surface area contributed by atoms with Crippen LogP contribution in [0.2, 0.25) is 5.02 Å². The summed E-state index contributed by atoms with van der Waals surface area (Å²) in [5, 5.41) is 12.3. The summed E-state index contributed by atoms with van der Waals surface area (Å²) in [5.41, 5.74) is 2.05. The number of carbonyl (C=O) groups excluding carboxylic acids is 1. The lowest BCUT2D eigenvalue weighted by atomic mass is 9.92. The molecule has 3 heterocycles. The first-order valence-corrected chi connectivity index (χ1v) is 18.5. The van der Waals surface area contributed by atoms with Crippen LogP contribution in [0, 0.1) is 17.6 Å². The Labute approximate surface area is 314 Å². The van der Waals surface area contributed by atoms with Crippen LogP contribution in [0.25, 0.3) is 33.2 Å². The number of alkyl halides is 4. The molecular formula is C38H30ClF6N7OS. The number of anilines is 1. The molecule has 2 aliphatic rings. The van der Waals surface area contributed by atoms with Crippen molar-refractivity contribution in [3.8, 4) is 22.3 Å². The molecule has 16 heteroatoms. The molecule has 2 N–H and O–H groups in total. The Bertz CT molecular complexity index is 2420. The summed E-state index contributed by atoms with van der Waals surface area (Å²) < 4.78 is 93.3. The van der Waals surface area contributed by atoms with Gasteiger partial charge in [0.15, 0.2) is 5.82 Å². The average Bonchev–Trinajstić information content (AvgIpc) is 3.66. The number of carbonyl (C=O) groups is 1. The van der Waals surface area contributed by atoms with Gasteiger partial charge >= 0.3 is 0 Å². The lowest BCUT2D eigenvalue weighted by Gasteiger charge is -2.23. The first-order chi connectivity index (χ1) is 25.8. The van der Waals surface area contributed by atoms with Crippen molar-refractivity contribution in [1.82, 2.24) is 29.9 Å². The van der Waals surface area contributed by atoms with Crippen molar-refractivity contribution < 1.29 is 31.1 Å². The lowest BCUT2D eigenvalue weighted by molar-refractivity contribution is -0.123. The Morgan fingerprint density at radius 2 is 1.74 bits per heavy atom. The molecule has 54 heavy (non-hydrogen) atoms. The molecule has 3 aromatic carbocycles. The molecule has 278 valence electrons. The highest BCUT2D eigenvalue weighted by Crippen LogP contribution is 2.68. The Kier molecular flexibility index (Phi) is 9.12. The SMILES string of the molecule is CSNc1nn(C)c2c(-c3cc(-c4ccccc4)cnc3[C@H](Cc3cc(F)cc(F)c3)NC(=O)Cn3nc(C(F)F)c4c3C(F)(F)[C@@H]3C[C@H]43)ccc(Cl)c12. The number of amides is 1. The van der Waals surface area contributed by atoms with Crippen LogP contribution in [-0.2, 0) is 30.7 Å². The van der Waals surface area contributed by atoms with E-state index in [2.05, 4.69) is 20.2 Å². The van der Waals surface area contributed by atoms with E-state index in [1.807, 2.05) is 42.7 Å². The topological polar surface area (TPSA) is 89.7 Å².